The van der Waals surface area contributed by atoms with E-state index in [4.69, 9.17) is 5.11 Å². The van der Waals surface area contributed by atoms with Gasteiger partial charge in [-0.05, 0) is 35.7 Å². The Morgan fingerprint density at radius 3 is 2.44 bits per heavy atom. The van der Waals surface area contributed by atoms with Crippen LogP contribution in [0.25, 0.3) is 0 Å². The molecular formula is C16H18N2O5S2. The first-order valence-corrected chi connectivity index (χ1v) is 9.75. The molecule has 0 atom stereocenters. The first kappa shape index (κ1) is 19.1. The molecule has 25 heavy (non-hydrogen) atoms. The summed E-state index contributed by atoms with van der Waals surface area (Å²) in [6, 6.07) is 9.22. The molecule has 1 aromatic carbocycles. The number of carboxylic acid groups (broad SMARTS) is 1. The summed E-state index contributed by atoms with van der Waals surface area (Å²) in [4.78, 5) is 25.0. The van der Waals surface area contributed by atoms with Gasteiger partial charge in [-0.25, -0.2) is 13.1 Å². The Hall–Kier alpha value is -2.23. The summed E-state index contributed by atoms with van der Waals surface area (Å²) in [5, 5.41) is 10.5. The number of nitrogens with zero attached hydrogens (tertiary/aromatic N) is 1. The van der Waals surface area contributed by atoms with Crippen LogP contribution in [-0.2, 0) is 21.4 Å². The molecule has 0 aliphatic heterocycles. The van der Waals surface area contributed by atoms with Crippen molar-refractivity contribution in [2.75, 3.05) is 13.6 Å². The molecule has 7 nitrogen and oxygen atoms in total. The Labute approximate surface area is 150 Å². The zero-order chi connectivity index (χ0) is 18.4. The zero-order valence-corrected chi connectivity index (χ0v) is 15.1. The second kappa shape index (κ2) is 8.24. The van der Waals surface area contributed by atoms with Crippen molar-refractivity contribution in [3.63, 3.8) is 0 Å². The first-order chi connectivity index (χ1) is 11.8. The number of nitrogens with one attached hydrogen (secondary N) is 1. The van der Waals surface area contributed by atoms with Gasteiger partial charge in [0.2, 0.25) is 10.0 Å². The van der Waals surface area contributed by atoms with Crippen molar-refractivity contribution in [1.29, 1.82) is 0 Å². The number of carbonyl (C=O) groups is 2. The Morgan fingerprint density at radius 2 is 1.88 bits per heavy atom. The molecule has 0 saturated carbocycles. The molecule has 0 aliphatic carbocycles. The molecule has 2 aromatic rings. The molecule has 0 aliphatic rings. The summed E-state index contributed by atoms with van der Waals surface area (Å²) in [6.45, 7) is 0.287. The SMILES string of the molecule is CN(CCC(=O)O)C(=O)c1ccc(S(=O)(=O)NCc2cccs2)cc1. The molecule has 1 aromatic heterocycles. The van der Waals surface area contributed by atoms with Gasteiger partial charge in [0.15, 0.2) is 0 Å². The molecule has 0 bridgehead atoms. The third-order valence-electron chi connectivity index (χ3n) is 3.44. The highest BCUT2D eigenvalue weighted by Gasteiger charge is 2.17. The maximum atomic E-state index is 12.3. The molecule has 2 N–H and O–H groups in total. The van der Waals surface area contributed by atoms with Crippen LogP contribution in [0, 0.1) is 0 Å². The largest absolute Gasteiger partial charge is 0.481 e. The van der Waals surface area contributed by atoms with Crippen LogP contribution in [0.4, 0.5) is 0 Å². The summed E-state index contributed by atoms with van der Waals surface area (Å²) >= 11 is 1.46. The number of rotatable bonds is 8. The molecule has 1 heterocycles. The number of hydrogen-bond acceptors (Lipinski definition) is 5. The van der Waals surface area contributed by atoms with Gasteiger partial charge in [0.1, 0.15) is 0 Å². The third-order valence-corrected chi connectivity index (χ3v) is 5.73. The molecule has 0 saturated heterocycles. The van der Waals surface area contributed by atoms with Gasteiger partial charge in [-0.3, -0.25) is 9.59 Å². The Morgan fingerprint density at radius 1 is 1.20 bits per heavy atom. The van der Waals surface area contributed by atoms with E-state index in [1.165, 1.54) is 47.5 Å². The van der Waals surface area contributed by atoms with Crippen LogP contribution in [0.1, 0.15) is 21.7 Å². The molecule has 2 rings (SSSR count). The summed E-state index contributed by atoms with van der Waals surface area (Å²) in [5.41, 5.74) is 0.296. The molecule has 0 spiro atoms. The van der Waals surface area contributed by atoms with Gasteiger partial charge >= 0.3 is 5.97 Å². The minimum absolute atomic E-state index is 0.0637. The molecule has 0 radical (unpaired) electrons. The van der Waals surface area contributed by atoms with Crippen LogP contribution in [0.2, 0.25) is 0 Å². The fourth-order valence-electron chi connectivity index (χ4n) is 2.02. The van der Waals surface area contributed by atoms with Crippen LogP contribution < -0.4 is 4.72 Å². The van der Waals surface area contributed by atoms with Crippen LogP contribution in [0.3, 0.4) is 0 Å². The highest BCUT2D eigenvalue weighted by atomic mass is 32.2. The molecule has 0 fully saturated rings. The topological polar surface area (TPSA) is 104 Å². The lowest BCUT2D eigenvalue weighted by Gasteiger charge is -2.16. The van der Waals surface area contributed by atoms with Gasteiger partial charge in [0.25, 0.3) is 5.91 Å². The molecule has 134 valence electrons. The van der Waals surface area contributed by atoms with E-state index in [1.807, 2.05) is 17.5 Å². The smallest absolute Gasteiger partial charge is 0.305 e. The number of carboxylic acids is 1. The van der Waals surface area contributed by atoms with Crippen molar-refractivity contribution < 1.29 is 23.1 Å². The maximum Gasteiger partial charge on any atom is 0.305 e. The highest BCUT2D eigenvalue weighted by molar-refractivity contribution is 7.89. The number of thiophene rings is 1. The van der Waals surface area contributed by atoms with Crippen LogP contribution in [-0.4, -0.2) is 43.9 Å². The van der Waals surface area contributed by atoms with E-state index < -0.39 is 16.0 Å². The monoisotopic (exact) mass is 382 g/mol. The number of sulfonamides is 1. The average Bonchev–Trinajstić information content (AvgIpc) is 3.11. The summed E-state index contributed by atoms with van der Waals surface area (Å²) < 4.78 is 27.0. The third kappa shape index (κ3) is 5.38. The lowest BCUT2D eigenvalue weighted by atomic mass is 10.2. The van der Waals surface area contributed by atoms with E-state index in [0.717, 1.165) is 4.88 Å². The Balaban J connectivity index is 2.02. The fraction of sp³-hybridized carbons (Fsp3) is 0.250. The van der Waals surface area contributed by atoms with E-state index >= 15 is 0 Å². The van der Waals surface area contributed by atoms with E-state index in [0.29, 0.717) is 5.56 Å². The number of hydrogen-bond donors (Lipinski definition) is 2. The first-order valence-electron chi connectivity index (χ1n) is 7.39. The van der Waals surface area contributed by atoms with Crippen LogP contribution >= 0.6 is 11.3 Å². The van der Waals surface area contributed by atoms with Crippen molar-refractivity contribution in [3.8, 4) is 0 Å². The van der Waals surface area contributed by atoms with Gasteiger partial charge in [0.05, 0.1) is 11.3 Å². The average molecular weight is 382 g/mol. The maximum absolute atomic E-state index is 12.3. The lowest BCUT2D eigenvalue weighted by Crippen LogP contribution is -2.29. The van der Waals surface area contributed by atoms with Crippen molar-refractivity contribution >= 4 is 33.2 Å². The summed E-state index contributed by atoms with van der Waals surface area (Å²) in [5.74, 6) is -1.35. The van der Waals surface area contributed by atoms with Crippen LogP contribution in [0.5, 0.6) is 0 Å². The van der Waals surface area contributed by atoms with E-state index in [-0.39, 0.29) is 30.3 Å². The fourth-order valence-corrected chi connectivity index (χ4v) is 3.77. The van der Waals surface area contributed by atoms with E-state index in [2.05, 4.69) is 4.72 Å². The highest BCUT2D eigenvalue weighted by Crippen LogP contribution is 2.14. The number of aliphatic carboxylic acids is 1. The zero-order valence-electron chi connectivity index (χ0n) is 13.5. The molecule has 9 heteroatoms. The molecule has 1 amide bonds. The van der Waals surface area contributed by atoms with Crippen molar-refractivity contribution in [3.05, 3.63) is 52.2 Å². The summed E-state index contributed by atoms with van der Waals surface area (Å²) in [7, 11) is -2.17. The van der Waals surface area contributed by atoms with Crippen molar-refractivity contribution in [2.24, 2.45) is 0 Å². The van der Waals surface area contributed by atoms with Crippen molar-refractivity contribution in [2.45, 2.75) is 17.9 Å². The van der Waals surface area contributed by atoms with Crippen LogP contribution in [0.15, 0.2) is 46.7 Å². The van der Waals surface area contributed by atoms with Gasteiger partial charge in [-0.15, -0.1) is 11.3 Å². The second-order valence-electron chi connectivity index (χ2n) is 5.30. The number of amides is 1. The van der Waals surface area contributed by atoms with Gasteiger partial charge in [-0.1, -0.05) is 6.07 Å². The van der Waals surface area contributed by atoms with E-state index in [9.17, 15) is 18.0 Å². The predicted molar refractivity (Wildman–Crippen MR) is 94.0 cm³/mol. The molecule has 0 unspecified atom stereocenters. The molecular weight excluding hydrogens is 364 g/mol. The summed E-state index contributed by atoms with van der Waals surface area (Å²) in [6.07, 6.45) is -0.151. The Bertz CT molecular complexity index is 830. The lowest BCUT2D eigenvalue weighted by molar-refractivity contribution is -0.137. The Kier molecular flexibility index (Phi) is 6.29. The van der Waals surface area contributed by atoms with Gasteiger partial charge in [-0.2, -0.15) is 0 Å². The minimum atomic E-state index is -3.67. The predicted octanol–water partition coefficient (Wildman–Crippen LogP) is 1.77. The standard InChI is InChI=1S/C16H18N2O5S2/c1-18(9-8-15(19)20)16(21)12-4-6-14(7-5-12)25(22,23)17-11-13-3-2-10-24-13/h2-7,10,17H,8-9,11H2,1H3,(H,19,20). The van der Waals surface area contributed by atoms with Gasteiger partial charge in [0, 0.05) is 30.6 Å². The number of carbonyl (C=O) groups excluding carboxylic acids is 1. The van der Waals surface area contributed by atoms with Gasteiger partial charge < -0.3 is 10.0 Å². The minimum Gasteiger partial charge on any atom is -0.481 e. The number of benzene rings is 1. The quantitative estimate of drug-likeness (QED) is 0.724. The normalized spacial score (nSPS) is 11.2. The second-order valence-corrected chi connectivity index (χ2v) is 8.10. The van der Waals surface area contributed by atoms with Crippen molar-refractivity contribution in [1.82, 2.24) is 9.62 Å². The van der Waals surface area contributed by atoms with E-state index in [1.54, 1.807) is 0 Å².